The fraction of sp³-hybridized carbons (Fsp3) is 0.286. The van der Waals surface area contributed by atoms with E-state index in [9.17, 15) is 13.6 Å². The van der Waals surface area contributed by atoms with E-state index < -0.39 is 23.8 Å². The number of ether oxygens (including phenoxy) is 2. The van der Waals surface area contributed by atoms with Crippen LogP contribution >= 0.6 is 15.9 Å². The zero-order chi connectivity index (χ0) is 21.7. The number of benzene rings is 1. The summed E-state index contributed by atoms with van der Waals surface area (Å²) in [5.74, 6) is -1.57. The predicted molar refractivity (Wildman–Crippen MR) is 110 cm³/mol. The van der Waals surface area contributed by atoms with Crippen molar-refractivity contribution in [1.29, 1.82) is 0 Å². The molecule has 6 nitrogen and oxygen atoms in total. The third-order valence-electron chi connectivity index (χ3n) is 4.23. The normalized spacial score (nSPS) is 11.9. The van der Waals surface area contributed by atoms with Gasteiger partial charge in [-0.05, 0) is 53.5 Å². The van der Waals surface area contributed by atoms with E-state index in [2.05, 4.69) is 26.0 Å². The fourth-order valence-corrected chi connectivity index (χ4v) is 3.44. The Morgan fingerprint density at radius 1 is 1.20 bits per heavy atom. The van der Waals surface area contributed by atoms with Crippen molar-refractivity contribution in [1.82, 2.24) is 14.8 Å². The number of para-hydroxylation sites is 1. The Bertz CT molecular complexity index is 1020. The maximum Gasteiger partial charge on any atom is 0.347 e. The molecule has 3 aromatic rings. The van der Waals surface area contributed by atoms with Gasteiger partial charge in [0.2, 0.25) is 11.8 Å². The Morgan fingerprint density at radius 3 is 2.60 bits per heavy atom. The van der Waals surface area contributed by atoms with Crippen molar-refractivity contribution in [3.8, 4) is 22.8 Å². The van der Waals surface area contributed by atoms with E-state index in [4.69, 9.17) is 9.47 Å². The van der Waals surface area contributed by atoms with Gasteiger partial charge in [0.1, 0.15) is 16.0 Å². The van der Waals surface area contributed by atoms with E-state index in [0.29, 0.717) is 28.6 Å². The summed E-state index contributed by atoms with van der Waals surface area (Å²) in [4.78, 5) is 15.9. The molecule has 3 rings (SSSR count). The second-order valence-corrected chi connectivity index (χ2v) is 7.14. The van der Waals surface area contributed by atoms with Crippen LogP contribution in [-0.2, 0) is 9.53 Å². The Labute approximate surface area is 181 Å². The first-order valence-electron chi connectivity index (χ1n) is 9.44. The molecule has 2 aromatic heterocycles. The summed E-state index contributed by atoms with van der Waals surface area (Å²) in [6.45, 7) is 3.85. The van der Waals surface area contributed by atoms with Gasteiger partial charge in [-0.25, -0.2) is 18.9 Å². The van der Waals surface area contributed by atoms with Gasteiger partial charge in [-0.15, -0.1) is 5.10 Å². The molecular formula is C21H20BrF2N3O3. The number of rotatable bonds is 8. The van der Waals surface area contributed by atoms with E-state index in [-0.39, 0.29) is 18.2 Å². The van der Waals surface area contributed by atoms with Crippen molar-refractivity contribution >= 4 is 21.9 Å². The maximum atomic E-state index is 14.5. The molecule has 2 heterocycles. The summed E-state index contributed by atoms with van der Waals surface area (Å²) in [5.41, 5.74) is 1.05. The molecule has 0 aliphatic carbocycles. The minimum Gasteiger partial charge on any atom is -0.463 e. The third-order valence-corrected chi connectivity index (χ3v) is 4.95. The molecule has 0 aliphatic rings. The molecule has 9 heteroatoms. The highest BCUT2D eigenvalue weighted by Crippen LogP contribution is 2.38. The van der Waals surface area contributed by atoms with E-state index in [1.165, 1.54) is 29.1 Å². The van der Waals surface area contributed by atoms with Crippen LogP contribution < -0.4 is 4.74 Å². The first-order chi connectivity index (χ1) is 14.5. The lowest BCUT2D eigenvalue weighted by molar-refractivity contribution is -0.151. The van der Waals surface area contributed by atoms with Crippen LogP contribution in [0.15, 0.2) is 47.1 Å². The van der Waals surface area contributed by atoms with Crippen LogP contribution in [0.25, 0.3) is 16.9 Å². The lowest BCUT2D eigenvalue weighted by Crippen LogP contribution is -2.29. The minimum absolute atomic E-state index is 0.0871. The van der Waals surface area contributed by atoms with E-state index >= 15 is 0 Å². The van der Waals surface area contributed by atoms with Crippen LogP contribution in [-0.4, -0.2) is 33.4 Å². The summed E-state index contributed by atoms with van der Waals surface area (Å²) in [7, 11) is 0. The number of halogens is 3. The quantitative estimate of drug-likeness (QED) is 0.332. The molecule has 0 aliphatic heterocycles. The number of esters is 1. The number of carbonyl (C=O) groups excluding carboxylic acids is 1. The van der Waals surface area contributed by atoms with Gasteiger partial charge < -0.3 is 9.47 Å². The first kappa shape index (κ1) is 21.9. The molecule has 0 saturated heterocycles. The molecule has 1 atom stereocenters. The highest BCUT2D eigenvalue weighted by Gasteiger charge is 2.27. The molecular weight excluding hydrogens is 460 g/mol. The van der Waals surface area contributed by atoms with Crippen LogP contribution in [0.4, 0.5) is 8.78 Å². The van der Waals surface area contributed by atoms with Crippen molar-refractivity contribution in [2.24, 2.45) is 0 Å². The van der Waals surface area contributed by atoms with Crippen LogP contribution in [0.1, 0.15) is 26.7 Å². The molecule has 1 aromatic carbocycles. The predicted octanol–water partition coefficient (Wildman–Crippen LogP) is 5.09. The fourth-order valence-electron chi connectivity index (χ4n) is 2.87. The van der Waals surface area contributed by atoms with Gasteiger partial charge in [-0.3, -0.25) is 0 Å². The average molecular weight is 480 g/mol. The third kappa shape index (κ3) is 4.67. The lowest BCUT2D eigenvalue weighted by Gasteiger charge is -2.15. The van der Waals surface area contributed by atoms with Crippen molar-refractivity contribution in [3.63, 3.8) is 0 Å². The number of nitrogens with zero attached hydrogens (tertiary/aromatic N) is 3. The summed E-state index contributed by atoms with van der Waals surface area (Å²) < 4.78 is 40.5. The topological polar surface area (TPSA) is 66.2 Å². The molecule has 0 radical (unpaired) electrons. The number of hydrogen-bond acceptors (Lipinski definition) is 5. The van der Waals surface area contributed by atoms with Gasteiger partial charge >= 0.3 is 5.97 Å². The van der Waals surface area contributed by atoms with Gasteiger partial charge in [0.15, 0.2) is 6.10 Å². The SMILES string of the molecule is CCCC(Oc1nn(-c2ccccc2F)c(-c2ccc(F)nc2)c1Br)C(=O)OCC. The highest BCUT2D eigenvalue weighted by molar-refractivity contribution is 9.10. The molecule has 0 bridgehead atoms. The lowest BCUT2D eigenvalue weighted by atomic mass is 10.2. The van der Waals surface area contributed by atoms with E-state index in [1.807, 2.05) is 6.92 Å². The van der Waals surface area contributed by atoms with Crippen molar-refractivity contribution < 1.29 is 23.0 Å². The van der Waals surface area contributed by atoms with Crippen molar-refractivity contribution in [2.75, 3.05) is 6.61 Å². The monoisotopic (exact) mass is 479 g/mol. The minimum atomic E-state index is -0.866. The Balaban J connectivity index is 2.11. The maximum absolute atomic E-state index is 14.5. The van der Waals surface area contributed by atoms with Crippen molar-refractivity contribution in [2.45, 2.75) is 32.8 Å². The first-order valence-corrected chi connectivity index (χ1v) is 10.2. The van der Waals surface area contributed by atoms with Crippen LogP contribution in [0.5, 0.6) is 5.88 Å². The molecule has 0 fully saturated rings. The Hall–Kier alpha value is -2.81. The molecule has 30 heavy (non-hydrogen) atoms. The smallest absolute Gasteiger partial charge is 0.347 e. The number of aromatic nitrogens is 3. The van der Waals surface area contributed by atoms with Gasteiger partial charge in [0, 0.05) is 11.8 Å². The number of hydrogen-bond donors (Lipinski definition) is 0. The molecule has 0 spiro atoms. The average Bonchev–Trinajstić information content (AvgIpc) is 3.05. The zero-order valence-corrected chi connectivity index (χ0v) is 18.0. The molecule has 0 saturated carbocycles. The number of pyridine rings is 1. The molecule has 0 N–H and O–H groups in total. The van der Waals surface area contributed by atoms with Gasteiger partial charge in [-0.1, -0.05) is 25.5 Å². The summed E-state index contributed by atoms with van der Waals surface area (Å²) in [5, 5.41) is 4.38. The summed E-state index contributed by atoms with van der Waals surface area (Å²) in [6, 6.07) is 8.77. The molecule has 1 unspecified atom stereocenters. The highest BCUT2D eigenvalue weighted by atomic mass is 79.9. The summed E-state index contributed by atoms with van der Waals surface area (Å²) in [6.07, 6.45) is 1.55. The molecule has 0 amide bonds. The largest absolute Gasteiger partial charge is 0.463 e. The van der Waals surface area contributed by atoms with Crippen LogP contribution in [0, 0.1) is 11.8 Å². The summed E-state index contributed by atoms with van der Waals surface area (Å²) >= 11 is 3.44. The second-order valence-electron chi connectivity index (χ2n) is 6.35. The Kier molecular flexibility index (Phi) is 7.15. The van der Waals surface area contributed by atoms with E-state index in [1.54, 1.807) is 25.1 Å². The zero-order valence-electron chi connectivity index (χ0n) is 16.4. The van der Waals surface area contributed by atoms with Crippen molar-refractivity contribution in [3.05, 3.63) is 58.8 Å². The van der Waals surface area contributed by atoms with E-state index in [0.717, 1.165) is 0 Å². The van der Waals surface area contributed by atoms with Gasteiger partial charge in [0.25, 0.3) is 0 Å². The van der Waals surface area contributed by atoms with Gasteiger partial charge in [-0.2, -0.15) is 4.39 Å². The second kappa shape index (κ2) is 9.80. The standard InChI is InChI=1S/C21H20BrF2N3O3/c1-3-7-16(21(28)29-4-2)30-20-18(22)19(13-10-11-17(24)25-12-13)27(26-20)15-9-6-5-8-14(15)23/h5-6,8-12,16H,3-4,7H2,1-2H3. The van der Waals surface area contributed by atoms with Crippen LogP contribution in [0.3, 0.4) is 0 Å². The number of carbonyl (C=O) groups is 1. The van der Waals surface area contributed by atoms with Gasteiger partial charge in [0.05, 0.1) is 12.3 Å². The Morgan fingerprint density at radius 2 is 1.97 bits per heavy atom. The van der Waals surface area contributed by atoms with Crippen LogP contribution in [0.2, 0.25) is 0 Å². The molecule has 158 valence electrons.